The summed E-state index contributed by atoms with van der Waals surface area (Å²) in [6, 6.07) is 13.3. The van der Waals surface area contributed by atoms with Gasteiger partial charge < -0.3 is 14.5 Å². The number of benzene rings is 2. The second-order valence-electron chi connectivity index (χ2n) is 8.30. The third-order valence-corrected chi connectivity index (χ3v) is 7.28. The van der Waals surface area contributed by atoms with Crippen molar-refractivity contribution in [2.24, 2.45) is 0 Å². The number of carbonyl (C=O) groups is 1. The van der Waals surface area contributed by atoms with Crippen LogP contribution in [0.5, 0.6) is 11.5 Å². The van der Waals surface area contributed by atoms with Crippen LogP contribution in [0, 0.1) is 0 Å². The Morgan fingerprint density at radius 2 is 1.76 bits per heavy atom. The second kappa shape index (κ2) is 9.05. The number of H-pyrrole nitrogens is 1. The second-order valence-corrected chi connectivity index (χ2v) is 10.1. The van der Waals surface area contributed by atoms with Gasteiger partial charge in [0.05, 0.1) is 11.3 Å². The van der Waals surface area contributed by atoms with Crippen molar-refractivity contribution in [2.45, 2.75) is 6.54 Å². The van der Waals surface area contributed by atoms with Crippen LogP contribution in [0.15, 0.2) is 48.7 Å². The highest BCUT2D eigenvalue weighted by Crippen LogP contribution is 2.32. The number of aromatic nitrogens is 1. The van der Waals surface area contributed by atoms with Crippen LogP contribution in [-0.4, -0.2) is 74.4 Å². The topological polar surface area (TPSA) is 104 Å². The number of para-hydroxylation sites is 1. The summed E-state index contributed by atoms with van der Waals surface area (Å²) in [6.45, 7) is 4.69. The largest absolute Gasteiger partial charge is 0.454 e. The first-order valence-corrected chi connectivity index (χ1v) is 12.6. The number of carbonyl (C=O) groups excluding carboxylic acids is 1. The van der Waals surface area contributed by atoms with Crippen molar-refractivity contribution in [1.29, 1.82) is 0 Å². The molecular weight excluding hydrogens is 444 g/mol. The van der Waals surface area contributed by atoms with Gasteiger partial charge in [-0.25, -0.2) is 13.1 Å². The summed E-state index contributed by atoms with van der Waals surface area (Å²) in [5, 5.41) is 0.698. The van der Waals surface area contributed by atoms with Crippen molar-refractivity contribution in [3.05, 3.63) is 59.8 Å². The lowest BCUT2D eigenvalue weighted by atomic mass is 10.1. The van der Waals surface area contributed by atoms with Gasteiger partial charge in [0.25, 0.3) is 5.91 Å². The van der Waals surface area contributed by atoms with Gasteiger partial charge in [-0.3, -0.25) is 14.6 Å². The number of fused-ring (bicyclic) bond motifs is 2. The van der Waals surface area contributed by atoms with E-state index in [0.717, 1.165) is 55.3 Å². The Balaban J connectivity index is 1.09. The highest BCUT2D eigenvalue weighted by molar-refractivity contribution is 7.90. The van der Waals surface area contributed by atoms with Gasteiger partial charge in [-0.2, -0.15) is 0 Å². The van der Waals surface area contributed by atoms with Crippen molar-refractivity contribution in [2.75, 3.05) is 45.3 Å². The van der Waals surface area contributed by atoms with E-state index in [1.54, 1.807) is 6.07 Å². The molecule has 5 rings (SSSR count). The Morgan fingerprint density at radius 3 is 2.61 bits per heavy atom. The maximum absolute atomic E-state index is 12.5. The number of nitrogens with zero attached hydrogens (tertiary/aromatic N) is 2. The van der Waals surface area contributed by atoms with Crippen LogP contribution in [0.1, 0.15) is 15.9 Å². The molecule has 3 aromatic rings. The van der Waals surface area contributed by atoms with Gasteiger partial charge in [-0.1, -0.05) is 24.3 Å². The van der Waals surface area contributed by atoms with E-state index in [1.807, 2.05) is 36.4 Å². The molecule has 0 unspecified atom stereocenters. The molecule has 0 atom stereocenters. The minimum Gasteiger partial charge on any atom is -0.454 e. The van der Waals surface area contributed by atoms with Gasteiger partial charge in [0.1, 0.15) is 0 Å². The van der Waals surface area contributed by atoms with E-state index >= 15 is 0 Å². The van der Waals surface area contributed by atoms with Gasteiger partial charge in [0, 0.05) is 56.4 Å². The van der Waals surface area contributed by atoms with Gasteiger partial charge >= 0.3 is 0 Å². The molecule has 2 aliphatic heterocycles. The fraction of sp³-hybridized carbons (Fsp3) is 0.348. The summed E-state index contributed by atoms with van der Waals surface area (Å²) in [7, 11) is -3.74. The molecule has 174 valence electrons. The van der Waals surface area contributed by atoms with Crippen molar-refractivity contribution in [3.63, 3.8) is 0 Å². The smallest absolute Gasteiger partial charge is 0.266 e. The third-order valence-electron chi connectivity index (χ3n) is 6.07. The van der Waals surface area contributed by atoms with E-state index in [2.05, 4.69) is 19.5 Å². The van der Waals surface area contributed by atoms with E-state index in [9.17, 15) is 13.2 Å². The average molecular weight is 471 g/mol. The number of sulfonamides is 1. The summed E-state index contributed by atoms with van der Waals surface area (Å²) in [5.41, 5.74) is 2.28. The fourth-order valence-electron chi connectivity index (χ4n) is 4.22. The molecule has 1 aromatic heterocycles. The third kappa shape index (κ3) is 4.97. The van der Waals surface area contributed by atoms with E-state index in [0.29, 0.717) is 17.5 Å². The molecule has 2 N–H and O–H groups in total. The van der Waals surface area contributed by atoms with Crippen LogP contribution in [0.2, 0.25) is 0 Å². The summed E-state index contributed by atoms with van der Waals surface area (Å²) >= 11 is 0. The normalized spacial score (nSPS) is 16.8. The van der Waals surface area contributed by atoms with Gasteiger partial charge in [0.2, 0.25) is 16.8 Å². The number of amides is 1. The van der Waals surface area contributed by atoms with Crippen LogP contribution < -0.4 is 14.2 Å². The lowest BCUT2D eigenvalue weighted by Crippen LogP contribution is -2.48. The molecule has 9 nitrogen and oxygen atoms in total. The van der Waals surface area contributed by atoms with Gasteiger partial charge in [0.15, 0.2) is 11.5 Å². The Bertz CT molecular complexity index is 1260. The molecule has 0 spiro atoms. The first-order valence-electron chi connectivity index (χ1n) is 10.9. The molecule has 10 heteroatoms. The zero-order valence-electron chi connectivity index (χ0n) is 18.1. The number of hydrogen-bond donors (Lipinski definition) is 2. The highest BCUT2D eigenvalue weighted by atomic mass is 32.2. The Kier molecular flexibility index (Phi) is 5.96. The average Bonchev–Trinajstić information content (AvgIpc) is 3.45. The summed E-state index contributed by atoms with van der Waals surface area (Å²) < 4.78 is 38.0. The van der Waals surface area contributed by atoms with Crippen molar-refractivity contribution in [1.82, 2.24) is 19.5 Å². The quantitative estimate of drug-likeness (QED) is 0.542. The Morgan fingerprint density at radius 1 is 1.00 bits per heavy atom. The van der Waals surface area contributed by atoms with E-state index in [4.69, 9.17) is 9.47 Å². The van der Waals surface area contributed by atoms with Gasteiger partial charge in [-0.05, 0) is 23.8 Å². The molecule has 2 aliphatic rings. The van der Waals surface area contributed by atoms with E-state index in [1.165, 1.54) is 6.20 Å². The zero-order valence-corrected chi connectivity index (χ0v) is 18.9. The minimum atomic E-state index is -3.74. The minimum absolute atomic E-state index is 0.122. The standard InChI is InChI=1S/C23H26N4O5S/c28-23(19-14-24-20-4-2-1-3-18(19)20)25-33(29,30)12-11-26-7-9-27(10-8-26)15-17-5-6-21-22(13-17)32-16-31-21/h1-6,13-14,24H,7-12,15-16H2,(H,25,28). The monoisotopic (exact) mass is 470 g/mol. The highest BCUT2D eigenvalue weighted by Gasteiger charge is 2.23. The van der Waals surface area contributed by atoms with Crippen LogP contribution in [0.4, 0.5) is 0 Å². The first kappa shape index (κ1) is 21.7. The summed E-state index contributed by atoms with van der Waals surface area (Å²) in [6.07, 6.45) is 1.54. The van der Waals surface area contributed by atoms with E-state index in [-0.39, 0.29) is 12.5 Å². The number of piperazine rings is 1. The van der Waals surface area contributed by atoms with Crippen molar-refractivity contribution in [3.8, 4) is 11.5 Å². The number of aromatic amines is 1. The molecule has 0 radical (unpaired) electrons. The first-order chi connectivity index (χ1) is 16.0. The molecule has 1 saturated heterocycles. The fourth-order valence-corrected chi connectivity index (χ4v) is 5.22. The molecular formula is C23H26N4O5S. The molecule has 0 bridgehead atoms. The van der Waals surface area contributed by atoms with Crippen molar-refractivity contribution >= 4 is 26.8 Å². The van der Waals surface area contributed by atoms with Gasteiger partial charge in [-0.15, -0.1) is 0 Å². The molecule has 0 aliphatic carbocycles. The Labute approximate surface area is 192 Å². The number of nitrogens with one attached hydrogen (secondary N) is 2. The van der Waals surface area contributed by atoms with Crippen LogP contribution >= 0.6 is 0 Å². The summed E-state index contributed by atoms with van der Waals surface area (Å²) in [5.74, 6) is 0.831. The number of ether oxygens (including phenoxy) is 2. The predicted molar refractivity (Wildman–Crippen MR) is 124 cm³/mol. The molecule has 3 heterocycles. The molecule has 1 fully saturated rings. The number of hydrogen-bond acceptors (Lipinski definition) is 7. The molecule has 33 heavy (non-hydrogen) atoms. The Hall–Kier alpha value is -3.08. The lowest BCUT2D eigenvalue weighted by Gasteiger charge is -2.34. The van der Waals surface area contributed by atoms with Crippen LogP contribution in [0.3, 0.4) is 0 Å². The predicted octanol–water partition coefficient (Wildman–Crippen LogP) is 1.77. The zero-order chi connectivity index (χ0) is 22.8. The molecule has 2 aromatic carbocycles. The number of rotatable bonds is 7. The van der Waals surface area contributed by atoms with E-state index < -0.39 is 15.9 Å². The SMILES string of the molecule is O=C(NS(=O)(=O)CCN1CCN(Cc2ccc3c(c2)OCO3)CC1)c1c[nH]c2ccccc12. The molecule has 1 amide bonds. The van der Waals surface area contributed by atoms with Crippen LogP contribution in [0.25, 0.3) is 10.9 Å². The maximum atomic E-state index is 12.5. The maximum Gasteiger partial charge on any atom is 0.266 e. The van der Waals surface area contributed by atoms with Crippen molar-refractivity contribution < 1.29 is 22.7 Å². The summed E-state index contributed by atoms with van der Waals surface area (Å²) in [4.78, 5) is 20.0. The lowest BCUT2D eigenvalue weighted by molar-refractivity contribution is 0.0982. The molecule has 0 saturated carbocycles. The van der Waals surface area contributed by atoms with Crippen LogP contribution in [-0.2, 0) is 16.6 Å².